The van der Waals surface area contributed by atoms with Gasteiger partial charge in [-0.25, -0.2) is 4.68 Å². The molecule has 0 saturated heterocycles. The lowest BCUT2D eigenvalue weighted by molar-refractivity contribution is 0.252. The maximum atomic E-state index is 4.44. The molecule has 3 aromatic rings. The van der Waals surface area contributed by atoms with E-state index in [-0.39, 0.29) is 0 Å². The SMILES string of the molecule is Cc1cc(C)c(-n2cccn2)c(CN(C)C(C)c2ccncc2)c1. The average molecular weight is 320 g/mol. The van der Waals surface area contributed by atoms with E-state index in [2.05, 4.69) is 67.1 Å². The smallest absolute Gasteiger partial charge is 0.0719 e. The van der Waals surface area contributed by atoms with Crippen molar-refractivity contribution in [3.05, 3.63) is 77.4 Å². The van der Waals surface area contributed by atoms with Gasteiger partial charge in [-0.05, 0) is 62.7 Å². The highest BCUT2D eigenvalue weighted by atomic mass is 15.3. The third kappa shape index (κ3) is 3.39. The summed E-state index contributed by atoms with van der Waals surface area (Å²) in [6.45, 7) is 7.39. The fourth-order valence-electron chi connectivity index (χ4n) is 3.20. The molecule has 0 bridgehead atoms. The first-order valence-corrected chi connectivity index (χ1v) is 8.26. The van der Waals surface area contributed by atoms with Crippen molar-refractivity contribution in [2.45, 2.75) is 33.4 Å². The molecule has 0 aliphatic heterocycles. The van der Waals surface area contributed by atoms with E-state index in [1.165, 1.54) is 27.9 Å². The number of hydrogen-bond acceptors (Lipinski definition) is 3. The Labute approximate surface area is 143 Å². The van der Waals surface area contributed by atoms with Crippen LogP contribution in [0.3, 0.4) is 0 Å². The third-order valence-electron chi connectivity index (χ3n) is 4.53. The van der Waals surface area contributed by atoms with Crippen molar-refractivity contribution in [3.8, 4) is 5.69 Å². The van der Waals surface area contributed by atoms with E-state index >= 15 is 0 Å². The quantitative estimate of drug-likeness (QED) is 0.710. The zero-order valence-electron chi connectivity index (χ0n) is 14.8. The van der Waals surface area contributed by atoms with Crippen LogP contribution in [-0.2, 0) is 6.54 Å². The molecule has 1 unspecified atom stereocenters. The van der Waals surface area contributed by atoms with Crippen LogP contribution >= 0.6 is 0 Å². The van der Waals surface area contributed by atoms with Crippen molar-refractivity contribution < 1.29 is 0 Å². The fraction of sp³-hybridized carbons (Fsp3) is 0.300. The van der Waals surface area contributed by atoms with Gasteiger partial charge in [0.25, 0.3) is 0 Å². The van der Waals surface area contributed by atoms with Crippen LogP contribution in [0.25, 0.3) is 5.69 Å². The number of rotatable bonds is 5. The summed E-state index contributed by atoms with van der Waals surface area (Å²) in [6, 6.07) is 10.9. The minimum atomic E-state index is 0.319. The first-order valence-electron chi connectivity index (χ1n) is 8.26. The third-order valence-corrected chi connectivity index (χ3v) is 4.53. The molecule has 0 aliphatic carbocycles. The number of hydrogen-bond donors (Lipinski definition) is 0. The highest BCUT2D eigenvalue weighted by Crippen LogP contribution is 2.26. The van der Waals surface area contributed by atoms with Gasteiger partial charge in [0.1, 0.15) is 0 Å². The molecule has 1 atom stereocenters. The van der Waals surface area contributed by atoms with Gasteiger partial charge in [-0.3, -0.25) is 9.88 Å². The maximum Gasteiger partial charge on any atom is 0.0719 e. The van der Waals surface area contributed by atoms with Crippen LogP contribution in [-0.4, -0.2) is 26.7 Å². The Kier molecular flexibility index (Phi) is 4.76. The predicted molar refractivity (Wildman–Crippen MR) is 97.2 cm³/mol. The molecule has 4 nitrogen and oxygen atoms in total. The van der Waals surface area contributed by atoms with Gasteiger partial charge in [0.15, 0.2) is 0 Å². The summed E-state index contributed by atoms with van der Waals surface area (Å²) in [7, 11) is 2.16. The molecule has 2 heterocycles. The van der Waals surface area contributed by atoms with Crippen LogP contribution < -0.4 is 0 Å². The first kappa shape index (κ1) is 16.4. The van der Waals surface area contributed by atoms with Crippen molar-refractivity contribution in [2.24, 2.45) is 0 Å². The largest absolute Gasteiger partial charge is 0.295 e. The van der Waals surface area contributed by atoms with Gasteiger partial charge < -0.3 is 0 Å². The zero-order chi connectivity index (χ0) is 17.1. The van der Waals surface area contributed by atoms with Crippen LogP contribution in [0.5, 0.6) is 0 Å². The monoisotopic (exact) mass is 320 g/mol. The van der Waals surface area contributed by atoms with Crippen LogP contribution in [0.4, 0.5) is 0 Å². The standard InChI is InChI=1S/C20H24N4/c1-15-12-16(2)20(24-11-5-8-22-24)19(13-15)14-23(4)17(3)18-6-9-21-10-7-18/h5-13,17H,14H2,1-4H3. The molecule has 0 saturated carbocycles. The second-order valence-corrected chi connectivity index (χ2v) is 6.41. The second kappa shape index (κ2) is 6.97. The molecular formula is C20H24N4. The zero-order valence-corrected chi connectivity index (χ0v) is 14.8. The first-order chi connectivity index (χ1) is 11.6. The molecule has 0 N–H and O–H groups in total. The number of aryl methyl sites for hydroxylation is 2. The lowest BCUT2D eigenvalue weighted by Crippen LogP contribution is -2.23. The van der Waals surface area contributed by atoms with Gasteiger partial charge in [0.2, 0.25) is 0 Å². The summed E-state index contributed by atoms with van der Waals surface area (Å²) in [5.74, 6) is 0. The normalized spacial score (nSPS) is 12.5. The van der Waals surface area contributed by atoms with Crippen molar-refractivity contribution in [1.29, 1.82) is 0 Å². The summed E-state index contributed by atoms with van der Waals surface area (Å²) in [4.78, 5) is 6.47. The molecular weight excluding hydrogens is 296 g/mol. The number of benzene rings is 1. The van der Waals surface area contributed by atoms with Gasteiger partial charge >= 0.3 is 0 Å². The average Bonchev–Trinajstić information content (AvgIpc) is 3.08. The minimum Gasteiger partial charge on any atom is -0.295 e. The summed E-state index contributed by atoms with van der Waals surface area (Å²) in [5.41, 5.74) is 6.28. The van der Waals surface area contributed by atoms with Crippen molar-refractivity contribution in [1.82, 2.24) is 19.7 Å². The molecule has 4 heteroatoms. The second-order valence-electron chi connectivity index (χ2n) is 6.41. The van der Waals surface area contributed by atoms with Gasteiger partial charge in [-0.15, -0.1) is 0 Å². The van der Waals surface area contributed by atoms with Crippen molar-refractivity contribution >= 4 is 0 Å². The van der Waals surface area contributed by atoms with E-state index in [4.69, 9.17) is 0 Å². The van der Waals surface area contributed by atoms with Gasteiger partial charge in [0, 0.05) is 37.4 Å². The summed E-state index contributed by atoms with van der Waals surface area (Å²) < 4.78 is 1.97. The molecule has 3 rings (SSSR count). The van der Waals surface area contributed by atoms with E-state index in [0.29, 0.717) is 6.04 Å². The fourth-order valence-corrected chi connectivity index (χ4v) is 3.20. The highest BCUT2D eigenvalue weighted by molar-refractivity contribution is 5.49. The molecule has 0 fully saturated rings. The summed E-state index contributed by atoms with van der Waals surface area (Å²) >= 11 is 0. The molecule has 1 aromatic carbocycles. The van der Waals surface area contributed by atoms with E-state index in [1.807, 2.05) is 35.5 Å². The molecule has 0 spiro atoms. The molecule has 0 amide bonds. The minimum absolute atomic E-state index is 0.319. The van der Waals surface area contributed by atoms with Crippen molar-refractivity contribution in [3.63, 3.8) is 0 Å². The molecule has 0 radical (unpaired) electrons. The highest BCUT2D eigenvalue weighted by Gasteiger charge is 2.16. The van der Waals surface area contributed by atoms with Crippen molar-refractivity contribution in [2.75, 3.05) is 7.05 Å². The van der Waals surface area contributed by atoms with Crippen LogP contribution in [0.15, 0.2) is 55.1 Å². The van der Waals surface area contributed by atoms with E-state index in [1.54, 1.807) is 0 Å². The molecule has 0 aliphatic rings. The predicted octanol–water partition coefficient (Wildman–Crippen LogP) is 4.08. The van der Waals surface area contributed by atoms with E-state index < -0.39 is 0 Å². The Morgan fingerprint density at radius 1 is 1.12 bits per heavy atom. The number of aromatic nitrogens is 3. The van der Waals surface area contributed by atoms with Crippen LogP contribution in [0, 0.1) is 13.8 Å². The Hall–Kier alpha value is -2.46. The van der Waals surface area contributed by atoms with E-state index in [9.17, 15) is 0 Å². The Bertz CT molecular complexity index is 794. The lowest BCUT2D eigenvalue weighted by Gasteiger charge is -2.26. The lowest BCUT2D eigenvalue weighted by atomic mass is 10.0. The van der Waals surface area contributed by atoms with E-state index in [0.717, 1.165) is 6.54 Å². The molecule has 2 aromatic heterocycles. The Morgan fingerprint density at radius 2 is 1.88 bits per heavy atom. The van der Waals surface area contributed by atoms with Crippen LogP contribution in [0.2, 0.25) is 0 Å². The summed E-state index contributed by atoms with van der Waals surface area (Å²) in [5, 5.41) is 4.44. The Balaban J connectivity index is 1.92. The topological polar surface area (TPSA) is 34.0 Å². The number of nitrogens with zero attached hydrogens (tertiary/aromatic N) is 4. The summed E-state index contributed by atoms with van der Waals surface area (Å²) in [6.07, 6.45) is 7.54. The Morgan fingerprint density at radius 3 is 2.54 bits per heavy atom. The molecule has 24 heavy (non-hydrogen) atoms. The van der Waals surface area contributed by atoms with Gasteiger partial charge in [-0.2, -0.15) is 5.10 Å². The van der Waals surface area contributed by atoms with Gasteiger partial charge in [0.05, 0.1) is 5.69 Å². The number of pyridine rings is 1. The maximum absolute atomic E-state index is 4.44. The molecule has 124 valence electrons. The van der Waals surface area contributed by atoms with Gasteiger partial charge in [-0.1, -0.05) is 17.7 Å². The van der Waals surface area contributed by atoms with Crippen LogP contribution in [0.1, 0.15) is 35.2 Å².